The molecule has 1 saturated carbocycles. The molecule has 0 radical (unpaired) electrons. The number of fused-ring (bicyclic) bond motifs is 1. The summed E-state index contributed by atoms with van der Waals surface area (Å²) in [5.41, 5.74) is 2.88. The molecular formula is C23H18N8O3S. The highest BCUT2D eigenvalue weighted by Crippen LogP contribution is 2.33. The van der Waals surface area contributed by atoms with E-state index >= 15 is 0 Å². The smallest absolute Gasteiger partial charge is 0.326 e. The molecule has 0 spiro atoms. The Bertz CT molecular complexity index is 1550. The number of nitrogens with one attached hydrogen (secondary N) is 3. The zero-order valence-electron chi connectivity index (χ0n) is 18.4. The molecule has 12 heteroatoms. The number of nitrogens with zero attached hydrogens (tertiary/aromatic N) is 5. The molecule has 2 aliphatic rings. The lowest BCUT2D eigenvalue weighted by Gasteiger charge is -2.09. The van der Waals surface area contributed by atoms with Crippen LogP contribution < -0.4 is 16.0 Å². The van der Waals surface area contributed by atoms with Gasteiger partial charge in [0.1, 0.15) is 17.2 Å². The lowest BCUT2D eigenvalue weighted by Crippen LogP contribution is -2.22. The number of amides is 3. The minimum atomic E-state index is -0.573. The molecule has 4 aromatic rings. The number of anilines is 1. The van der Waals surface area contributed by atoms with Crippen molar-refractivity contribution in [3.05, 3.63) is 64.3 Å². The minimum absolute atomic E-state index is 0.122. The van der Waals surface area contributed by atoms with Gasteiger partial charge in [0.25, 0.3) is 5.91 Å². The number of imide groups is 1. The van der Waals surface area contributed by atoms with Gasteiger partial charge < -0.3 is 10.6 Å². The second-order valence-electron chi connectivity index (χ2n) is 8.28. The summed E-state index contributed by atoms with van der Waals surface area (Å²) in [4.78, 5) is 50.8. The Hall–Kier alpha value is -4.45. The van der Waals surface area contributed by atoms with Gasteiger partial charge in [-0.15, -0.1) is 11.3 Å². The second kappa shape index (κ2) is 8.09. The number of urea groups is 1. The van der Waals surface area contributed by atoms with Crippen LogP contribution in [0.1, 0.15) is 39.5 Å². The van der Waals surface area contributed by atoms with Gasteiger partial charge in [-0.3, -0.25) is 19.9 Å². The minimum Gasteiger partial charge on any atom is -0.367 e. The quantitative estimate of drug-likeness (QED) is 0.214. The van der Waals surface area contributed by atoms with Crippen LogP contribution in [0.15, 0.2) is 42.5 Å². The third kappa shape index (κ3) is 4.04. The number of aromatic nitrogens is 5. The molecule has 174 valence electrons. The van der Waals surface area contributed by atoms with Gasteiger partial charge in [0.05, 0.1) is 33.5 Å². The predicted molar refractivity (Wildman–Crippen MR) is 128 cm³/mol. The summed E-state index contributed by atoms with van der Waals surface area (Å²) in [7, 11) is 0. The molecule has 3 amide bonds. The van der Waals surface area contributed by atoms with Crippen LogP contribution in [-0.4, -0.2) is 48.3 Å². The van der Waals surface area contributed by atoms with Crippen LogP contribution in [0.5, 0.6) is 0 Å². The van der Waals surface area contributed by atoms with Crippen LogP contribution in [0.2, 0.25) is 0 Å². The van der Waals surface area contributed by atoms with Crippen LogP contribution in [0.4, 0.5) is 10.6 Å². The summed E-state index contributed by atoms with van der Waals surface area (Å²) in [5.74, 6) is 0.0362. The molecule has 1 aliphatic heterocycles. The van der Waals surface area contributed by atoms with Crippen molar-refractivity contribution in [2.24, 2.45) is 0 Å². The van der Waals surface area contributed by atoms with Crippen LogP contribution in [0.3, 0.4) is 0 Å². The van der Waals surface area contributed by atoms with E-state index in [0.717, 1.165) is 29.2 Å². The Kier molecular flexibility index (Phi) is 4.88. The lowest BCUT2D eigenvalue weighted by molar-refractivity contribution is -0.115. The van der Waals surface area contributed by atoms with Gasteiger partial charge in [-0.05, 0) is 38.0 Å². The first-order valence-corrected chi connectivity index (χ1v) is 11.7. The number of carbonyl (C=O) groups is 3. The first-order valence-electron chi connectivity index (χ1n) is 10.9. The zero-order valence-corrected chi connectivity index (χ0v) is 19.2. The van der Waals surface area contributed by atoms with Gasteiger partial charge in [-0.2, -0.15) is 9.61 Å². The molecule has 3 N–H and O–H groups in total. The van der Waals surface area contributed by atoms with E-state index < -0.39 is 11.9 Å². The molecule has 1 aliphatic carbocycles. The number of hydrogen-bond donors (Lipinski definition) is 3. The van der Waals surface area contributed by atoms with E-state index in [1.54, 1.807) is 29.1 Å². The maximum Gasteiger partial charge on any atom is 0.326 e. The van der Waals surface area contributed by atoms with E-state index in [1.165, 1.54) is 17.5 Å². The zero-order chi connectivity index (χ0) is 24.1. The van der Waals surface area contributed by atoms with Crippen molar-refractivity contribution in [2.45, 2.75) is 25.8 Å². The van der Waals surface area contributed by atoms with Crippen molar-refractivity contribution in [1.82, 2.24) is 35.2 Å². The molecule has 5 heterocycles. The van der Waals surface area contributed by atoms with Gasteiger partial charge >= 0.3 is 6.03 Å². The van der Waals surface area contributed by atoms with Crippen LogP contribution in [0, 0.1) is 6.92 Å². The molecule has 2 fully saturated rings. The van der Waals surface area contributed by atoms with Crippen molar-refractivity contribution >= 4 is 46.6 Å². The molecule has 1 saturated heterocycles. The average molecular weight is 487 g/mol. The second-order valence-corrected chi connectivity index (χ2v) is 9.37. The fraction of sp³-hybridized carbons (Fsp3) is 0.174. The molecular weight excluding hydrogens is 468 g/mol. The summed E-state index contributed by atoms with van der Waals surface area (Å²) in [6.45, 7) is 1.81. The summed E-state index contributed by atoms with van der Waals surface area (Å²) >= 11 is 1.31. The number of ketones is 1. The SMILES string of the molecule is Cc1cnc(C(=O)c2ccc(-c3cc(NC4CC4)n4ncc(/C=C5\NC(=O)NC5=O)c4n3)s2)cn1. The molecule has 4 aromatic heterocycles. The molecule has 0 aromatic carbocycles. The molecule has 11 nitrogen and oxygen atoms in total. The first kappa shape index (κ1) is 21.1. The Morgan fingerprint density at radius 3 is 2.74 bits per heavy atom. The molecule has 0 bridgehead atoms. The van der Waals surface area contributed by atoms with Crippen LogP contribution in [-0.2, 0) is 4.79 Å². The van der Waals surface area contributed by atoms with E-state index in [4.69, 9.17) is 4.98 Å². The summed E-state index contributed by atoms with van der Waals surface area (Å²) in [5, 5.41) is 12.6. The molecule has 0 unspecified atom stereocenters. The van der Waals surface area contributed by atoms with E-state index in [9.17, 15) is 14.4 Å². The Labute approximate surface area is 202 Å². The maximum atomic E-state index is 12.9. The van der Waals surface area contributed by atoms with E-state index in [1.807, 2.05) is 19.1 Å². The molecule has 0 atom stereocenters. The van der Waals surface area contributed by atoms with Crippen molar-refractivity contribution in [3.8, 4) is 10.6 Å². The Balaban J connectivity index is 1.40. The Morgan fingerprint density at radius 1 is 1.17 bits per heavy atom. The lowest BCUT2D eigenvalue weighted by atomic mass is 10.2. The number of hydrogen-bond acceptors (Lipinski definition) is 9. The molecule has 6 rings (SSSR count). The van der Waals surface area contributed by atoms with Gasteiger partial charge in [0, 0.05) is 23.9 Å². The van der Waals surface area contributed by atoms with Gasteiger partial charge in [-0.25, -0.2) is 14.8 Å². The summed E-state index contributed by atoms with van der Waals surface area (Å²) < 4.78 is 1.67. The van der Waals surface area contributed by atoms with E-state index in [2.05, 4.69) is 31.0 Å². The van der Waals surface area contributed by atoms with Crippen LogP contribution >= 0.6 is 11.3 Å². The Morgan fingerprint density at radius 2 is 2.03 bits per heavy atom. The highest BCUT2D eigenvalue weighted by molar-refractivity contribution is 7.17. The van der Waals surface area contributed by atoms with E-state index in [-0.39, 0.29) is 17.2 Å². The number of thiophene rings is 1. The van der Waals surface area contributed by atoms with Crippen molar-refractivity contribution in [3.63, 3.8) is 0 Å². The highest BCUT2D eigenvalue weighted by Gasteiger charge is 2.26. The topological polar surface area (TPSA) is 143 Å². The number of aryl methyl sites for hydroxylation is 1. The fourth-order valence-corrected chi connectivity index (χ4v) is 4.53. The van der Waals surface area contributed by atoms with Crippen molar-refractivity contribution < 1.29 is 14.4 Å². The van der Waals surface area contributed by atoms with Crippen LogP contribution in [0.25, 0.3) is 22.3 Å². The average Bonchev–Trinajstić information content (AvgIpc) is 3.23. The highest BCUT2D eigenvalue weighted by atomic mass is 32.1. The normalized spacial score (nSPS) is 16.5. The summed E-state index contributed by atoms with van der Waals surface area (Å²) in [6, 6.07) is 5.28. The van der Waals surface area contributed by atoms with Gasteiger partial charge in [0.15, 0.2) is 5.65 Å². The first-order chi connectivity index (χ1) is 16.9. The number of rotatable bonds is 6. The largest absolute Gasteiger partial charge is 0.367 e. The monoisotopic (exact) mass is 486 g/mol. The number of carbonyl (C=O) groups excluding carboxylic acids is 3. The summed E-state index contributed by atoms with van der Waals surface area (Å²) in [6.07, 6.45) is 8.31. The van der Waals surface area contributed by atoms with Gasteiger partial charge in [-0.1, -0.05) is 0 Å². The van der Waals surface area contributed by atoms with Crippen molar-refractivity contribution in [1.29, 1.82) is 0 Å². The van der Waals surface area contributed by atoms with E-state index in [0.29, 0.717) is 27.8 Å². The standard InChI is InChI=1S/C23H18N8O3S/c1-11-8-25-16(10-24-11)20(32)18-5-4-17(35-18)14-7-19(27-13-2-3-13)31-21(28-14)12(9-26-31)6-15-22(33)30-23(34)29-15/h4-10,13,27H,2-3H2,1H3,(H2,29,30,33,34)/b15-6-. The van der Waals surface area contributed by atoms with Crippen molar-refractivity contribution in [2.75, 3.05) is 5.32 Å². The third-order valence-corrected chi connectivity index (χ3v) is 6.65. The van der Waals surface area contributed by atoms with Gasteiger partial charge in [0.2, 0.25) is 5.78 Å². The third-order valence-electron chi connectivity index (χ3n) is 5.54. The fourth-order valence-electron chi connectivity index (χ4n) is 3.62. The molecule has 35 heavy (non-hydrogen) atoms. The predicted octanol–water partition coefficient (Wildman–Crippen LogP) is 2.54. The maximum absolute atomic E-state index is 12.9.